The van der Waals surface area contributed by atoms with E-state index >= 15 is 0 Å². The molecule has 1 aliphatic heterocycles. The van der Waals surface area contributed by atoms with Crippen LogP contribution in [0.4, 0.5) is 5.69 Å². The van der Waals surface area contributed by atoms with Gasteiger partial charge in [-0.25, -0.2) is 5.01 Å². The van der Waals surface area contributed by atoms with Crippen LogP contribution in [-0.4, -0.2) is 11.1 Å². The van der Waals surface area contributed by atoms with Gasteiger partial charge in [0, 0.05) is 10.9 Å². The first-order valence-electron chi connectivity index (χ1n) is 11.2. The average molecular weight is 424 g/mol. The van der Waals surface area contributed by atoms with Crippen LogP contribution in [0.25, 0.3) is 11.1 Å². The van der Waals surface area contributed by atoms with Crippen LogP contribution in [0, 0.1) is 29.2 Å². The number of hydrazine groups is 1. The van der Waals surface area contributed by atoms with Crippen molar-refractivity contribution in [2.24, 2.45) is 17.8 Å². The Balaban J connectivity index is 1.60. The smallest absolute Gasteiger partial charge is 0.200 e. The molecule has 2 bridgehead atoms. The van der Waals surface area contributed by atoms with E-state index in [1.165, 1.54) is 41.5 Å². The number of nitriles is 1. The Bertz CT molecular complexity index is 1200. The van der Waals surface area contributed by atoms with Crippen LogP contribution in [0.15, 0.2) is 72.8 Å². The molecule has 3 nitrogen and oxygen atoms in total. The van der Waals surface area contributed by atoms with Gasteiger partial charge in [0.15, 0.2) is 6.19 Å². The number of halogens is 1. The van der Waals surface area contributed by atoms with Crippen molar-refractivity contribution < 1.29 is 0 Å². The predicted octanol–water partition coefficient (Wildman–Crippen LogP) is 6.20. The van der Waals surface area contributed by atoms with Gasteiger partial charge in [-0.2, -0.15) is 5.26 Å². The molecule has 0 amide bonds. The van der Waals surface area contributed by atoms with Crippen molar-refractivity contribution >= 4 is 17.3 Å². The summed E-state index contributed by atoms with van der Waals surface area (Å²) in [6.45, 7) is 0. The highest BCUT2D eigenvalue weighted by Gasteiger charge is 2.70. The molecule has 3 aliphatic carbocycles. The maximum Gasteiger partial charge on any atom is 0.200 e. The first-order valence-corrected chi connectivity index (χ1v) is 11.6. The summed E-state index contributed by atoms with van der Waals surface area (Å²) < 4.78 is 0. The zero-order valence-corrected chi connectivity index (χ0v) is 17.8. The lowest BCUT2D eigenvalue weighted by atomic mass is 9.68. The first-order chi connectivity index (χ1) is 15.2. The van der Waals surface area contributed by atoms with Gasteiger partial charge in [-0.15, -0.1) is 0 Å². The number of nitrogens with zero attached hydrogens (tertiary/aromatic N) is 3. The molecule has 0 radical (unpaired) electrons. The Hall–Kier alpha value is -2.96. The topological polar surface area (TPSA) is 30.3 Å². The summed E-state index contributed by atoms with van der Waals surface area (Å²) in [5.74, 6) is 1.62. The maximum atomic E-state index is 10.5. The molecule has 3 fully saturated rings. The van der Waals surface area contributed by atoms with E-state index in [2.05, 4.69) is 71.9 Å². The van der Waals surface area contributed by atoms with E-state index in [1.54, 1.807) is 0 Å². The minimum atomic E-state index is -0.360. The molecule has 4 atom stereocenters. The molecule has 4 heteroatoms. The zero-order chi connectivity index (χ0) is 20.7. The second-order valence-corrected chi connectivity index (χ2v) is 9.88. The van der Waals surface area contributed by atoms with Crippen molar-refractivity contribution in [2.45, 2.75) is 30.8 Å². The number of benzene rings is 3. The van der Waals surface area contributed by atoms with Crippen LogP contribution in [0.5, 0.6) is 0 Å². The van der Waals surface area contributed by atoms with Crippen molar-refractivity contribution in [3.8, 4) is 17.3 Å². The first kappa shape index (κ1) is 17.7. The molecular weight excluding hydrogens is 402 g/mol. The van der Waals surface area contributed by atoms with Crippen LogP contribution in [0.2, 0.25) is 5.02 Å². The Morgan fingerprint density at radius 1 is 0.839 bits per heavy atom. The quantitative estimate of drug-likeness (QED) is 0.436. The number of fused-ring (bicyclic) bond motifs is 11. The highest BCUT2D eigenvalue weighted by molar-refractivity contribution is 6.30. The van der Waals surface area contributed by atoms with E-state index in [1.807, 2.05) is 17.1 Å². The van der Waals surface area contributed by atoms with E-state index in [9.17, 15) is 5.26 Å². The van der Waals surface area contributed by atoms with E-state index in [0.717, 1.165) is 5.69 Å². The largest absolute Gasteiger partial charge is 0.261 e. The Morgan fingerprint density at radius 2 is 1.45 bits per heavy atom. The van der Waals surface area contributed by atoms with Gasteiger partial charge in [-0.3, -0.25) is 5.01 Å². The summed E-state index contributed by atoms with van der Waals surface area (Å²) >= 11 is 6.26. The third-order valence-corrected chi connectivity index (χ3v) is 8.58. The van der Waals surface area contributed by atoms with Crippen molar-refractivity contribution in [1.29, 1.82) is 5.26 Å². The van der Waals surface area contributed by atoms with Crippen LogP contribution >= 0.6 is 11.6 Å². The van der Waals surface area contributed by atoms with Gasteiger partial charge in [0.05, 0.1) is 11.7 Å². The SMILES string of the molecule is N#CN1[C@@H]2[C@H]3CC[C@@H](C3)[C@H]2C2(c3ccccc3-c3ccccc32)N1c1ccc(Cl)cc1. The fourth-order valence-electron chi connectivity index (χ4n) is 7.50. The van der Waals surface area contributed by atoms with Crippen molar-refractivity contribution in [1.82, 2.24) is 5.01 Å². The highest BCUT2D eigenvalue weighted by Crippen LogP contribution is 2.68. The van der Waals surface area contributed by atoms with Crippen molar-refractivity contribution in [2.75, 3.05) is 5.01 Å². The molecule has 0 aromatic heterocycles. The molecule has 1 heterocycles. The zero-order valence-electron chi connectivity index (χ0n) is 17.1. The molecule has 152 valence electrons. The summed E-state index contributed by atoms with van der Waals surface area (Å²) in [5, 5.41) is 15.5. The number of rotatable bonds is 1. The van der Waals surface area contributed by atoms with E-state index in [-0.39, 0.29) is 11.6 Å². The molecule has 31 heavy (non-hydrogen) atoms. The average Bonchev–Trinajstić information content (AvgIpc) is 3.55. The molecule has 3 aromatic carbocycles. The van der Waals surface area contributed by atoms with Gasteiger partial charge in [0.25, 0.3) is 0 Å². The predicted molar refractivity (Wildman–Crippen MR) is 122 cm³/mol. The van der Waals surface area contributed by atoms with Gasteiger partial charge in [0.2, 0.25) is 0 Å². The Morgan fingerprint density at radius 3 is 2.10 bits per heavy atom. The molecule has 4 aliphatic rings. The fraction of sp³-hybridized carbons (Fsp3) is 0.296. The summed E-state index contributed by atoms with van der Waals surface area (Å²) in [4.78, 5) is 0. The van der Waals surface area contributed by atoms with Crippen LogP contribution in [-0.2, 0) is 5.54 Å². The molecule has 1 spiro atoms. The number of hydrogen-bond acceptors (Lipinski definition) is 3. The minimum absolute atomic E-state index is 0.249. The number of anilines is 1. The van der Waals surface area contributed by atoms with Gasteiger partial charge in [-0.1, -0.05) is 60.1 Å². The summed E-state index contributed by atoms with van der Waals surface area (Å²) in [7, 11) is 0. The van der Waals surface area contributed by atoms with E-state index < -0.39 is 0 Å². The van der Waals surface area contributed by atoms with Crippen molar-refractivity contribution in [3.05, 3.63) is 88.9 Å². The Kier molecular flexibility index (Phi) is 3.45. The van der Waals surface area contributed by atoms with Gasteiger partial charge in [-0.05, 0) is 77.6 Å². The highest BCUT2D eigenvalue weighted by atomic mass is 35.5. The molecule has 2 saturated carbocycles. The van der Waals surface area contributed by atoms with Crippen LogP contribution in [0.3, 0.4) is 0 Å². The normalized spacial score (nSPS) is 28.5. The standard InChI is InChI=1S/C27H22ClN3/c28-19-11-13-20(14-12-19)31-27(25-17-9-10-18(15-17)26(25)30(31)16-29)23-7-3-1-5-21(23)22-6-2-4-8-24(22)27/h1-8,11-14,17-18,25-26H,9-10,15H2/t17-,18-,25+,26+/m0/s1. The molecule has 7 rings (SSSR count). The molecule has 0 unspecified atom stereocenters. The van der Waals surface area contributed by atoms with Crippen LogP contribution < -0.4 is 5.01 Å². The van der Waals surface area contributed by atoms with Gasteiger partial charge < -0.3 is 0 Å². The van der Waals surface area contributed by atoms with Crippen molar-refractivity contribution in [3.63, 3.8) is 0 Å². The van der Waals surface area contributed by atoms with E-state index in [4.69, 9.17) is 11.6 Å². The Labute approximate surface area is 187 Å². The van der Waals surface area contributed by atoms with Crippen LogP contribution in [0.1, 0.15) is 30.4 Å². The van der Waals surface area contributed by atoms with E-state index in [0.29, 0.717) is 22.8 Å². The minimum Gasteiger partial charge on any atom is -0.261 e. The third-order valence-electron chi connectivity index (χ3n) is 8.33. The lowest BCUT2D eigenvalue weighted by molar-refractivity contribution is 0.211. The fourth-order valence-corrected chi connectivity index (χ4v) is 7.63. The lowest BCUT2D eigenvalue weighted by Gasteiger charge is -2.44. The van der Waals surface area contributed by atoms with Gasteiger partial charge in [0.1, 0.15) is 5.54 Å². The third kappa shape index (κ3) is 2.00. The number of hydrogen-bond donors (Lipinski definition) is 0. The second-order valence-electron chi connectivity index (χ2n) is 9.44. The summed E-state index contributed by atoms with van der Waals surface area (Å²) in [6, 6.07) is 25.9. The molecule has 3 aromatic rings. The monoisotopic (exact) mass is 423 g/mol. The molecular formula is C27H22ClN3. The maximum absolute atomic E-state index is 10.5. The lowest BCUT2D eigenvalue weighted by Crippen LogP contribution is -2.50. The molecule has 1 saturated heterocycles. The molecule has 0 N–H and O–H groups in total. The second kappa shape index (κ2) is 6.05. The summed E-state index contributed by atoms with van der Waals surface area (Å²) in [5.41, 5.74) is 5.96. The van der Waals surface area contributed by atoms with Gasteiger partial charge >= 0.3 is 0 Å². The summed E-state index contributed by atoms with van der Waals surface area (Å²) in [6.07, 6.45) is 6.37.